The largest absolute Gasteiger partial charge is 0.342 e. The molecular formula is C28H50O6. The van der Waals surface area contributed by atoms with Crippen molar-refractivity contribution in [3.8, 4) is 11.8 Å². The molecule has 0 spiro atoms. The van der Waals surface area contributed by atoms with Gasteiger partial charge in [-0.15, -0.1) is 0 Å². The maximum Gasteiger partial charge on any atom is 0.342 e. The summed E-state index contributed by atoms with van der Waals surface area (Å²) in [6.45, 7) is 20.0. The average molecular weight is 483 g/mol. The summed E-state index contributed by atoms with van der Waals surface area (Å²) < 4.78 is 0. The second kappa shape index (κ2) is 14.7. The Balaban J connectivity index is 4.24. The van der Waals surface area contributed by atoms with Crippen molar-refractivity contribution in [2.45, 2.75) is 145 Å². The van der Waals surface area contributed by atoms with E-state index >= 15 is 0 Å². The maximum absolute atomic E-state index is 11.9. The summed E-state index contributed by atoms with van der Waals surface area (Å²) in [5.41, 5.74) is -1.43. The normalized spacial score (nSPS) is 12.6. The van der Waals surface area contributed by atoms with Crippen LogP contribution in [0.5, 0.6) is 0 Å². The summed E-state index contributed by atoms with van der Waals surface area (Å²) in [4.78, 5) is 44.2. The lowest BCUT2D eigenvalue weighted by atomic mass is 9.89. The van der Waals surface area contributed by atoms with E-state index in [0.717, 1.165) is 51.4 Å². The Morgan fingerprint density at radius 3 is 1.15 bits per heavy atom. The predicted molar refractivity (Wildman–Crippen MR) is 135 cm³/mol. The summed E-state index contributed by atoms with van der Waals surface area (Å²) in [7, 11) is 0. The molecule has 0 amide bonds. The van der Waals surface area contributed by atoms with Gasteiger partial charge >= 0.3 is 11.9 Å². The van der Waals surface area contributed by atoms with Gasteiger partial charge in [0.25, 0.3) is 0 Å². The van der Waals surface area contributed by atoms with Crippen molar-refractivity contribution in [2.75, 3.05) is 0 Å². The van der Waals surface area contributed by atoms with Crippen LogP contribution in [0.15, 0.2) is 0 Å². The Morgan fingerprint density at radius 2 is 0.853 bits per heavy atom. The lowest BCUT2D eigenvalue weighted by molar-refractivity contribution is -0.313. The van der Waals surface area contributed by atoms with Gasteiger partial charge in [-0.1, -0.05) is 79.1 Å². The van der Waals surface area contributed by atoms with E-state index in [1.54, 1.807) is 27.7 Å². The van der Waals surface area contributed by atoms with Crippen molar-refractivity contribution >= 4 is 11.9 Å². The molecule has 0 aliphatic rings. The second-order valence-corrected chi connectivity index (χ2v) is 12.6. The fourth-order valence-corrected chi connectivity index (χ4v) is 2.93. The van der Waals surface area contributed by atoms with Crippen LogP contribution in [0, 0.1) is 22.7 Å². The smallest absolute Gasteiger partial charge is 0.297 e. The van der Waals surface area contributed by atoms with Crippen LogP contribution >= 0.6 is 0 Å². The molecule has 0 aromatic heterocycles. The van der Waals surface area contributed by atoms with Crippen LogP contribution in [0.25, 0.3) is 0 Å². The monoisotopic (exact) mass is 482 g/mol. The van der Waals surface area contributed by atoms with Crippen LogP contribution in [-0.2, 0) is 29.1 Å². The molecule has 0 saturated heterocycles. The number of carbonyl (C=O) groups is 2. The summed E-state index contributed by atoms with van der Waals surface area (Å²) in [6, 6.07) is 0. The summed E-state index contributed by atoms with van der Waals surface area (Å²) in [6.07, 6.45) is 8.57. The molecule has 0 saturated carbocycles. The molecule has 0 N–H and O–H groups in total. The van der Waals surface area contributed by atoms with E-state index in [2.05, 4.69) is 53.4 Å². The van der Waals surface area contributed by atoms with Gasteiger partial charge in [0.15, 0.2) is 11.2 Å². The summed E-state index contributed by atoms with van der Waals surface area (Å²) >= 11 is 0. The minimum absolute atomic E-state index is 0.314. The zero-order chi connectivity index (χ0) is 26.5. The van der Waals surface area contributed by atoms with E-state index in [1.165, 1.54) is 0 Å². The van der Waals surface area contributed by atoms with E-state index < -0.39 is 23.1 Å². The standard InChI is InChI=1S/C28H50O6/c1-25(2,3)19-15-11-13-17-23(29)31-33-27(7,8)21-22-28(9,10)34-32-24(30)18-14-12-16-20-26(4,5)6/h11-20H2,1-10H3. The first kappa shape index (κ1) is 32.4. The van der Waals surface area contributed by atoms with Crippen molar-refractivity contribution < 1.29 is 29.1 Å². The first-order chi connectivity index (χ1) is 15.4. The molecule has 0 radical (unpaired) electrons. The highest BCUT2D eigenvalue weighted by Gasteiger charge is 2.24. The Labute approximate surface area is 208 Å². The molecule has 0 unspecified atom stereocenters. The number of carbonyl (C=O) groups excluding carboxylic acids is 2. The van der Waals surface area contributed by atoms with Crippen LogP contribution < -0.4 is 0 Å². The highest BCUT2D eigenvalue weighted by atomic mass is 17.2. The number of unbranched alkanes of at least 4 members (excludes halogenated alkanes) is 4. The van der Waals surface area contributed by atoms with Crippen molar-refractivity contribution in [1.82, 2.24) is 0 Å². The molecule has 0 bridgehead atoms. The van der Waals surface area contributed by atoms with Gasteiger partial charge in [-0.3, -0.25) is 9.78 Å². The van der Waals surface area contributed by atoms with Crippen molar-refractivity contribution in [3.63, 3.8) is 0 Å². The molecule has 0 aliphatic heterocycles. The van der Waals surface area contributed by atoms with Gasteiger partial charge in [0.05, 0.1) is 0 Å². The van der Waals surface area contributed by atoms with Gasteiger partial charge in [-0.05, 0) is 64.2 Å². The molecular weight excluding hydrogens is 432 g/mol. The molecule has 0 atom stereocenters. The van der Waals surface area contributed by atoms with Crippen molar-refractivity contribution in [3.05, 3.63) is 0 Å². The zero-order valence-electron chi connectivity index (χ0n) is 23.5. The highest BCUT2D eigenvalue weighted by molar-refractivity contribution is 5.68. The molecule has 0 fully saturated rings. The van der Waals surface area contributed by atoms with E-state index in [0.29, 0.717) is 23.7 Å². The first-order valence-electron chi connectivity index (χ1n) is 12.7. The molecule has 0 aromatic rings. The van der Waals surface area contributed by atoms with Crippen molar-refractivity contribution in [1.29, 1.82) is 0 Å². The summed E-state index contributed by atoms with van der Waals surface area (Å²) in [5, 5.41) is 0. The minimum Gasteiger partial charge on any atom is -0.297 e. The van der Waals surface area contributed by atoms with Gasteiger partial charge in [-0.25, -0.2) is 9.59 Å². The molecule has 0 aliphatic carbocycles. The zero-order valence-corrected chi connectivity index (χ0v) is 23.5. The summed E-state index contributed by atoms with van der Waals surface area (Å²) in [5.74, 6) is 4.95. The third-order valence-electron chi connectivity index (χ3n) is 4.97. The Hall–Kier alpha value is -1.58. The quantitative estimate of drug-likeness (QED) is 0.111. The van der Waals surface area contributed by atoms with Crippen LogP contribution in [0.2, 0.25) is 0 Å². The van der Waals surface area contributed by atoms with Gasteiger partial charge in [-0.2, -0.15) is 9.78 Å². The van der Waals surface area contributed by atoms with Gasteiger partial charge in [0.2, 0.25) is 0 Å². The van der Waals surface area contributed by atoms with Gasteiger partial charge in [0.1, 0.15) is 0 Å². The topological polar surface area (TPSA) is 71.1 Å². The number of rotatable bonds is 14. The van der Waals surface area contributed by atoms with Crippen LogP contribution in [0.3, 0.4) is 0 Å². The fourth-order valence-electron chi connectivity index (χ4n) is 2.93. The van der Waals surface area contributed by atoms with Crippen LogP contribution in [-0.4, -0.2) is 23.1 Å². The molecule has 198 valence electrons. The lowest BCUT2D eigenvalue weighted by Crippen LogP contribution is -2.28. The van der Waals surface area contributed by atoms with Crippen molar-refractivity contribution in [2.24, 2.45) is 10.8 Å². The molecule has 0 rings (SSSR count). The Kier molecular flexibility index (Phi) is 14.1. The molecule has 0 aromatic carbocycles. The van der Waals surface area contributed by atoms with Gasteiger partial charge in [0, 0.05) is 12.8 Å². The van der Waals surface area contributed by atoms with Gasteiger partial charge < -0.3 is 0 Å². The Bertz CT molecular complexity index is 612. The van der Waals surface area contributed by atoms with E-state index in [-0.39, 0.29) is 0 Å². The molecule has 6 heteroatoms. The minimum atomic E-state index is -1.03. The molecule has 6 nitrogen and oxygen atoms in total. The second-order valence-electron chi connectivity index (χ2n) is 12.6. The van der Waals surface area contributed by atoms with E-state index in [4.69, 9.17) is 19.6 Å². The van der Waals surface area contributed by atoms with E-state index in [1.807, 2.05) is 0 Å². The number of hydrogen-bond donors (Lipinski definition) is 0. The molecule has 0 heterocycles. The fraction of sp³-hybridized carbons (Fsp3) is 0.857. The Morgan fingerprint density at radius 1 is 0.529 bits per heavy atom. The van der Waals surface area contributed by atoms with E-state index in [9.17, 15) is 9.59 Å². The SMILES string of the molecule is CC(C)(C)CCCCCC(=O)OOC(C)(C)C#CC(C)(C)OOC(=O)CCCCCC(C)(C)C. The number of hydrogen-bond acceptors (Lipinski definition) is 6. The van der Waals surface area contributed by atoms with Crippen LogP contribution in [0.4, 0.5) is 0 Å². The highest BCUT2D eigenvalue weighted by Crippen LogP contribution is 2.23. The third-order valence-corrected chi connectivity index (χ3v) is 4.97. The lowest BCUT2D eigenvalue weighted by Gasteiger charge is -2.20. The maximum atomic E-state index is 11.9. The molecule has 34 heavy (non-hydrogen) atoms. The van der Waals surface area contributed by atoms with Crippen LogP contribution in [0.1, 0.15) is 133 Å². The predicted octanol–water partition coefficient (Wildman–Crippen LogP) is 7.49. The average Bonchev–Trinajstić information content (AvgIpc) is 2.67. The first-order valence-corrected chi connectivity index (χ1v) is 12.7. The third kappa shape index (κ3) is 21.0.